The molecular formula is C28H46O3. The van der Waals surface area contributed by atoms with Crippen LogP contribution in [0.3, 0.4) is 0 Å². The normalized spacial score (nSPS) is 53.3. The number of aliphatic hydroxyl groups excluding tert-OH is 1. The molecule has 3 heteroatoms. The molecule has 31 heavy (non-hydrogen) atoms. The van der Waals surface area contributed by atoms with Gasteiger partial charge in [0.2, 0.25) is 0 Å². The summed E-state index contributed by atoms with van der Waals surface area (Å²) < 4.78 is 0. The molecule has 6 rings (SSSR count). The molecule has 2 heterocycles. The molecule has 0 aromatic heterocycles. The van der Waals surface area contributed by atoms with Crippen molar-refractivity contribution in [1.29, 1.82) is 0 Å². The molecular weight excluding hydrogens is 384 g/mol. The third-order valence-electron chi connectivity index (χ3n) is 11.6. The van der Waals surface area contributed by atoms with Crippen molar-refractivity contribution in [2.45, 2.75) is 117 Å². The molecule has 3 nitrogen and oxygen atoms in total. The van der Waals surface area contributed by atoms with Crippen LogP contribution in [-0.2, 0) is 9.78 Å². The Bertz CT molecular complexity index is 720. The molecule has 4 aliphatic carbocycles. The number of hydrogen-bond acceptors (Lipinski definition) is 3. The molecule has 6 fully saturated rings. The molecule has 1 N–H and O–H groups in total. The van der Waals surface area contributed by atoms with Crippen LogP contribution in [0, 0.1) is 46.3 Å². The van der Waals surface area contributed by atoms with E-state index in [-0.39, 0.29) is 22.7 Å². The van der Waals surface area contributed by atoms with E-state index in [1.165, 1.54) is 25.7 Å². The highest BCUT2D eigenvalue weighted by Gasteiger charge is 2.75. The quantitative estimate of drug-likeness (QED) is 0.398. The average molecular weight is 431 g/mol. The molecule has 10 atom stereocenters. The summed E-state index contributed by atoms with van der Waals surface area (Å²) in [6, 6.07) is 0. The summed E-state index contributed by atoms with van der Waals surface area (Å²) in [5.74, 6) is 3.89. The minimum absolute atomic E-state index is 0.102. The molecule has 0 amide bonds. The summed E-state index contributed by atoms with van der Waals surface area (Å²) in [4.78, 5) is 12.9. The molecule has 2 saturated heterocycles. The van der Waals surface area contributed by atoms with E-state index in [9.17, 15) is 5.11 Å². The highest BCUT2D eigenvalue weighted by atomic mass is 17.2. The first-order valence-electron chi connectivity index (χ1n) is 13.3. The maximum absolute atomic E-state index is 10.4. The Hall–Kier alpha value is -0.380. The first-order valence-corrected chi connectivity index (χ1v) is 13.3. The molecule has 0 aromatic carbocycles. The van der Waals surface area contributed by atoms with E-state index >= 15 is 0 Å². The first-order chi connectivity index (χ1) is 14.6. The highest BCUT2D eigenvalue weighted by molar-refractivity contribution is 5.23. The van der Waals surface area contributed by atoms with Gasteiger partial charge in [-0.3, -0.25) is 0 Å². The molecule has 0 radical (unpaired) electrons. The van der Waals surface area contributed by atoms with Gasteiger partial charge in [-0.1, -0.05) is 53.7 Å². The van der Waals surface area contributed by atoms with Crippen LogP contribution >= 0.6 is 0 Å². The summed E-state index contributed by atoms with van der Waals surface area (Å²) in [7, 11) is 0. The molecule has 2 aliphatic heterocycles. The summed E-state index contributed by atoms with van der Waals surface area (Å²) in [5.41, 5.74) is 0.133. The lowest BCUT2D eigenvalue weighted by Crippen LogP contribution is -2.75. The van der Waals surface area contributed by atoms with Gasteiger partial charge < -0.3 is 5.11 Å². The minimum Gasteiger partial charge on any atom is -0.393 e. The molecule has 2 bridgehead atoms. The summed E-state index contributed by atoms with van der Waals surface area (Å²) >= 11 is 0. The Kier molecular flexibility index (Phi) is 5.28. The van der Waals surface area contributed by atoms with E-state index in [2.05, 4.69) is 53.7 Å². The number of allylic oxidation sites excluding steroid dienone is 2. The van der Waals surface area contributed by atoms with Gasteiger partial charge in [-0.15, -0.1) is 0 Å². The van der Waals surface area contributed by atoms with Gasteiger partial charge in [0, 0.05) is 11.8 Å². The zero-order valence-electron chi connectivity index (χ0n) is 20.8. The Morgan fingerprint density at radius 2 is 1.61 bits per heavy atom. The van der Waals surface area contributed by atoms with Crippen molar-refractivity contribution in [2.75, 3.05) is 0 Å². The topological polar surface area (TPSA) is 38.7 Å². The van der Waals surface area contributed by atoms with Gasteiger partial charge in [-0.05, 0) is 92.3 Å². The maximum Gasteiger partial charge on any atom is 0.112 e. The van der Waals surface area contributed by atoms with Crippen LogP contribution in [0.4, 0.5) is 0 Å². The zero-order valence-corrected chi connectivity index (χ0v) is 20.8. The van der Waals surface area contributed by atoms with Crippen molar-refractivity contribution in [1.82, 2.24) is 0 Å². The molecule has 176 valence electrons. The first kappa shape index (κ1) is 22.4. The van der Waals surface area contributed by atoms with Crippen LogP contribution < -0.4 is 0 Å². The third kappa shape index (κ3) is 2.94. The fraction of sp³-hybridized carbons (Fsp3) is 0.929. The summed E-state index contributed by atoms with van der Waals surface area (Å²) in [6.45, 7) is 14.5. The smallest absolute Gasteiger partial charge is 0.112 e. The molecule has 6 aliphatic rings. The van der Waals surface area contributed by atoms with Crippen molar-refractivity contribution in [3.63, 3.8) is 0 Å². The monoisotopic (exact) mass is 430 g/mol. The Balaban J connectivity index is 1.42. The Morgan fingerprint density at radius 1 is 0.839 bits per heavy atom. The van der Waals surface area contributed by atoms with Gasteiger partial charge in [0.05, 0.1) is 6.10 Å². The van der Waals surface area contributed by atoms with E-state index in [0.717, 1.165) is 38.0 Å². The minimum atomic E-state index is -0.258. The van der Waals surface area contributed by atoms with Crippen LogP contribution in [-0.4, -0.2) is 22.4 Å². The van der Waals surface area contributed by atoms with Crippen molar-refractivity contribution in [3.8, 4) is 0 Å². The Labute approximate surface area is 190 Å². The maximum atomic E-state index is 10.4. The van der Waals surface area contributed by atoms with Crippen LogP contribution in [0.25, 0.3) is 0 Å². The second kappa shape index (κ2) is 7.31. The van der Waals surface area contributed by atoms with Gasteiger partial charge >= 0.3 is 0 Å². The fourth-order valence-electron chi connectivity index (χ4n) is 9.32. The SMILES string of the molecule is CC(C)C(C)C=CC(C)C1CCC2C1(C)CCC1C23CCC2(CC(O)CCC12C)OO3. The van der Waals surface area contributed by atoms with Crippen molar-refractivity contribution >= 4 is 0 Å². The Morgan fingerprint density at radius 3 is 2.29 bits per heavy atom. The second-order valence-electron chi connectivity index (χ2n) is 13.1. The van der Waals surface area contributed by atoms with E-state index < -0.39 is 0 Å². The second-order valence-corrected chi connectivity index (χ2v) is 13.1. The van der Waals surface area contributed by atoms with Gasteiger partial charge in [-0.2, -0.15) is 0 Å². The number of aliphatic hydroxyl groups is 1. The van der Waals surface area contributed by atoms with Crippen LogP contribution in [0.15, 0.2) is 12.2 Å². The fourth-order valence-corrected chi connectivity index (χ4v) is 9.32. The van der Waals surface area contributed by atoms with Crippen molar-refractivity contribution < 1.29 is 14.9 Å². The van der Waals surface area contributed by atoms with Gasteiger partial charge in [0.25, 0.3) is 0 Å². The van der Waals surface area contributed by atoms with Crippen LogP contribution in [0.5, 0.6) is 0 Å². The van der Waals surface area contributed by atoms with Crippen molar-refractivity contribution in [3.05, 3.63) is 12.2 Å². The summed E-state index contributed by atoms with van der Waals surface area (Å²) in [6.07, 6.45) is 14.9. The van der Waals surface area contributed by atoms with E-state index in [1.807, 2.05) is 0 Å². The molecule has 0 aromatic rings. The predicted octanol–water partition coefficient (Wildman–Crippen LogP) is 6.70. The molecule has 2 spiro atoms. The van der Waals surface area contributed by atoms with Crippen LogP contribution in [0.1, 0.15) is 99.3 Å². The average Bonchev–Trinajstić information content (AvgIpc) is 3.09. The van der Waals surface area contributed by atoms with E-state index in [0.29, 0.717) is 35.0 Å². The van der Waals surface area contributed by atoms with Crippen molar-refractivity contribution in [2.24, 2.45) is 46.3 Å². The van der Waals surface area contributed by atoms with Crippen LogP contribution in [0.2, 0.25) is 0 Å². The van der Waals surface area contributed by atoms with Gasteiger partial charge in [0.1, 0.15) is 11.2 Å². The number of hydrogen-bond donors (Lipinski definition) is 1. The lowest BCUT2D eigenvalue weighted by atomic mass is 9.40. The summed E-state index contributed by atoms with van der Waals surface area (Å²) in [5, 5.41) is 10.4. The van der Waals surface area contributed by atoms with E-state index in [1.54, 1.807) is 0 Å². The largest absolute Gasteiger partial charge is 0.393 e. The lowest BCUT2D eigenvalue weighted by Gasteiger charge is -2.72. The molecule has 4 saturated carbocycles. The standard InChI is InChI=1S/C28H46O3/c1-18(2)19(3)7-8-20(4)22-9-10-23-25(22,5)13-12-24-26(6)14-11-21(29)17-27(26)15-16-28(23,24)31-30-27/h7-8,18-24,29H,9-17H2,1-6H3. The van der Waals surface area contributed by atoms with E-state index in [4.69, 9.17) is 9.78 Å². The predicted molar refractivity (Wildman–Crippen MR) is 124 cm³/mol. The lowest BCUT2D eigenvalue weighted by molar-refractivity contribution is -0.536. The molecule has 10 unspecified atom stereocenters. The third-order valence-corrected chi connectivity index (χ3v) is 11.6. The van der Waals surface area contributed by atoms with Gasteiger partial charge in [0.15, 0.2) is 0 Å². The number of fused-ring (bicyclic) bond motifs is 3. The highest BCUT2D eigenvalue weighted by Crippen LogP contribution is 2.74. The van der Waals surface area contributed by atoms with Gasteiger partial charge in [-0.25, -0.2) is 9.78 Å². The zero-order chi connectivity index (χ0) is 22.2. The number of rotatable bonds is 4.